The molecule has 1 saturated heterocycles. The van der Waals surface area contributed by atoms with E-state index in [4.69, 9.17) is 20.0 Å². The first-order valence-corrected chi connectivity index (χ1v) is 11.5. The number of halogens is 1. The van der Waals surface area contributed by atoms with Crippen LogP contribution in [0.3, 0.4) is 0 Å². The number of esters is 1. The molecule has 194 valence electrons. The molecule has 0 aliphatic carbocycles. The van der Waals surface area contributed by atoms with Crippen LogP contribution in [0.1, 0.15) is 19.5 Å². The van der Waals surface area contributed by atoms with Gasteiger partial charge in [0.1, 0.15) is 29.9 Å². The van der Waals surface area contributed by atoms with Crippen LogP contribution >= 0.6 is 35.5 Å². The summed E-state index contributed by atoms with van der Waals surface area (Å²) in [6.45, 7) is 3.04. The Labute approximate surface area is 213 Å². The zero-order valence-electron chi connectivity index (χ0n) is 18.7. The number of ether oxygens (including phenoxy) is 3. The summed E-state index contributed by atoms with van der Waals surface area (Å²) in [4.78, 5) is 59.3. The minimum Gasteiger partial charge on any atom is -0.435 e. The van der Waals surface area contributed by atoms with Gasteiger partial charge in [0, 0.05) is 18.1 Å². The SMILES string of the molecule is CCOC(=O)OC(C)OC(=O)C1=CCS[C@@H]2C(NC(=O)/C(=N\OC)c3csc(N)n3)C(=O)N12.Cl.O. The second-order valence-electron chi connectivity index (χ2n) is 6.44. The van der Waals surface area contributed by atoms with Crippen LogP contribution < -0.4 is 11.1 Å². The van der Waals surface area contributed by atoms with Gasteiger partial charge in [-0.1, -0.05) is 5.16 Å². The van der Waals surface area contributed by atoms with Gasteiger partial charge in [-0.15, -0.1) is 35.5 Å². The summed E-state index contributed by atoms with van der Waals surface area (Å²) >= 11 is 2.47. The van der Waals surface area contributed by atoms with Crippen molar-refractivity contribution in [3.05, 3.63) is 22.8 Å². The van der Waals surface area contributed by atoms with Crippen LogP contribution in [-0.4, -0.2) is 82.2 Å². The van der Waals surface area contributed by atoms with Gasteiger partial charge in [0.15, 0.2) is 10.8 Å². The Morgan fingerprint density at radius 1 is 1.37 bits per heavy atom. The predicted octanol–water partition coefficient (Wildman–Crippen LogP) is 0.0190. The number of nitrogen functional groups attached to an aromatic ring is 1. The molecule has 0 aromatic carbocycles. The first kappa shape index (κ1) is 30.0. The highest BCUT2D eigenvalue weighted by Gasteiger charge is 2.53. The Morgan fingerprint density at radius 3 is 2.69 bits per heavy atom. The molecule has 17 heteroatoms. The van der Waals surface area contributed by atoms with Gasteiger partial charge in [-0.2, -0.15) is 0 Å². The molecule has 1 fully saturated rings. The summed E-state index contributed by atoms with van der Waals surface area (Å²) < 4.78 is 14.5. The first-order chi connectivity index (χ1) is 15.8. The number of fused-ring (bicyclic) bond motifs is 1. The fourth-order valence-corrected chi connectivity index (χ4v) is 4.70. The van der Waals surface area contributed by atoms with E-state index >= 15 is 0 Å². The van der Waals surface area contributed by atoms with Gasteiger partial charge in [-0.25, -0.2) is 14.6 Å². The maximum Gasteiger partial charge on any atom is 0.511 e. The number of hydrogen-bond acceptors (Lipinski definition) is 13. The lowest BCUT2D eigenvalue weighted by Gasteiger charge is -2.48. The van der Waals surface area contributed by atoms with Crippen molar-refractivity contribution in [2.75, 3.05) is 25.2 Å². The largest absolute Gasteiger partial charge is 0.511 e. The van der Waals surface area contributed by atoms with Crippen LogP contribution in [0.5, 0.6) is 0 Å². The standard InChI is InChI=1S/C18H21N5O8S2.ClH.H2O/c1-4-29-18(27)31-8(2)30-16(26)10-5-6-32-15-12(14(25)23(10)15)21-13(24)11(22-28-3)9-7-33-17(19)20-9;;/h5,7-8,12,15H,4,6H2,1-3H3,(H2,19,20)(H,21,24);1H;1H2/b22-11-;;/t8?,12?,15-;;/m1../s1. The lowest BCUT2D eigenvalue weighted by Crippen LogP contribution is -2.70. The molecule has 1 aromatic heterocycles. The maximum atomic E-state index is 12.8. The average molecular weight is 554 g/mol. The molecule has 14 nitrogen and oxygen atoms in total. The van der Waals surface area contributed by atoms with E-state index in [9.17, 15) is 19.2 Å². The number of oxime groups is 1. The number of carbonyl (C=O) groups is 4. The third-order valence-electron chi connectivity index (χ3n) is 4.30. The van der Waals surface area contributed by atoms with Crippen molar-refractivity contribution in [3.63, 3.8) is 0 Å². The number of rotatable bonds is 8. The van der Waals surface area contributed by atoms with E-state index in [-0.39, 0.29) is 46.7 Å². The molecule has 3 rings (SSSR count). The number of amides is 2. The number of β-lactam (4-membered cyclic amide) rings is 1. The summed E-state index contributed by atoms with van der Waals surface area (Å²) in [5.74, 6) is -1.66. The molecular weight excluding hydrogens is 530 g/mol. The highest BCUT2D eigenvalue weighted by Crippen LogP contribution is 2.38. The van der Waals surface area contributed by atoms with E-state index in [1.807, 2.05) is 0 Å². The number of nitrogens with one attached hydrogen (secondary N) is 1. The van der Waals surface area contributed by atoms with Gasteiger partial charge in [-0.3, -0.25) is 14.5 Å². The molecule has 3 heterocycles. The Bertz CT molecular complexity index is 1020. The van der Waals surface area contributed by atoms with Crippen LogP contribution in [-0.2, 0) is 33.4 Å². The Morgan fingerprint density at radius 2 is 2.09 bits per heavy atom. The molecule has 35 heavy (non-hydrogen) atoms. The third kappa shape index (κ3) is 6.74. The highest BCUT2D eigenvalue weighted by atomic mass is 35.5. The smallest absolute Gasteiger partial charge is 0.435 e. The lowest BCUT2D eigenvalue weighted by atomic mass is 10.0. The number of nitrogens with zero attached hydrogens (tertiary/aromatic N) is 3. The number of thioether (sulfide) groups is 1. The van der Waals surface area contributed by atoms with Crippen molar-refractivity contribution in [1.82, 2.24) is 15.2 Å². The molecule has 2 aliphatic heterocycles. The molecule has 5 N–H and O–H groups in total. The van der Waals surface area contributed by atoms with Crippen molar-refractivity contribution in [1.29, 1.82) is 0 Å². The summed E-state index contributed by atoms with van der Waals surface area (Å²) in [6.07, 6.45) is -0.690. The summed E-state index contributed by atoms with van der Waals surface area (Å²) in [5, 5.41) is 7.51. The Hall–Kier alpha value is -3.08. The average Bonchev–Trinajstić information content (AvgIpc) is 3.20. The lowest BCUT2D eigenvalue weighted by molar-refractivity contribution is -0.168. The third-order valence-corrected chi connectivity index (χ3v) is 6.16. The van der Waals surface area contributed by atoms with E-state index in [0.717, 1.165) is 11.3 Å². The number of thiazole rings is 1. The Balaban J connectivity index is 0.00000306. The molecule has 2 amide bonds. The fraction of sp³-hybridized carbons (Fsp3) is 0.444. The van der Waals surface area contributed by atoms with Crippen LogP contribution in [0.2, 0.25) is 0 Å². The van der Waals surface area contributed by atoms with Crippen LogP contribution in [0.25, 0.3) is 0 Å². The van der Waals surface area contributed by atoms with Crippen molar-refractivity contribution in [3.8, 4) is 0 Å². The number of carbonyl (C=O) groups excluding carboxylic acids is 4. The van der Waals surface area contributed by atoms with Gasteiger partial charge in [0.25, 0.3) is 11.8 Å². The maximum absolute atomic E-state index is 12.8. The molecule has 0 bridgehead atoms. The highest BCUT2D eigenvalue weighted by molar-refractivity contribution is 8.00. The van der Waals surface area contributed by atoms with Crippen molar-refractivity contribution < 1.29 is 43.7 Å². The monoisotopic (exact) mass is 553 g/mol. The van der Waals surface area contributed by atoms with Crippen LogP contribution in [0.4, 0.5) is 9.93 Å². The number of aromatic nitrogens is 1. The molecule has 2 aliphatic rings. The molecule has 0 radical (unpaired) electrons. The molecule has 2 unspecified atom stereocenters. The number of hydrogen-bond donors (Lipinski definition) is 2. The second-order valence-corrected chi connectivity index (χ2v) is 8.48. The first-order valence-electron chi connectivity index (χ1n) is 9.59. The van der Waals surface area contributed by atoms with Gasteiger partial charge < -0.3 is 35.6 Å². The van der Waals surface area contributed by atoms with Gasteiger partial charge in [0.05, 0.1) is 6.61 Å². The summed E-state index contributed by atoms with van der Waals surface area (Å²) in [6, 6.07) is -0.912. The molecule has 0 saturated carbocycles. The van der Waals surface area contributed by atoms with Crippen LogP contribution in [0.15, 0.2) is 22.3 Å². The molecule has 3 atom stereocenters. The predicted molar refractivity (Wildman–Crippen MR) is 128 cm³/mol. The van der Waals surface area contributed by atoms with E-state index in [0.29, 0.717) is 5.75 Å². The zero-order valence-corrected chi connectivity index (χ0v) is 21.2. The van der Waals surface area contributed by atoms with E-state index in [1.54, 1.807) is 6.92 Å². The second kappa shape index (κ2) is 13.1. The van der Waals surface area contributed by atoms with E-state index in [1.165, 1.54) is 42.2 Å². The summed E-state index contributed by atoms with van der Waals surface area (Å²) in [5.41, 5.74) is 5.67. The topological polar surface area (TPSA) is 203 Å². The van der Waals surface area contributed by atoms with E-state index < -0.39 is 41.6 Å². The number of nitrogens with two attached hydrogens (primary N) is 1. The normalized spacial score (nSPS) is 19.4. The van der Waals surface area contributed by atoms with Gasteiger partial charge >= 0.3 is 12.1 Å². The quantitative estimate of drug-likeness (QED) is 0.144. The summed E-state index contributed by atoms with van der Waals surface area (Å²) in [7, 11) is 1.27. The minimum absolute atomic E-state index is 0. The number of anilines is 1. The van der Waals surface area contributed by atoms with Gasteiger partial charge in [-0.05, 0) is 13.0 Å². The van der Waals surface area contributed by atoms with Crippen molar-refractivity contribution in [2.45, 2.75) is 31.6 Å². The zero-order chi connectivity index (χ0) is 24.1. The van der Waals surface area contributed by atoms with Gasteiger partial charge in [0.2, 0.25) is 6.29 Å². The fourth-order valence-electron chi connectivity index (χ4n) is 2.95. The van der Waals surface area contributed by atoms with Crippen LogP contribution in [0, 0.1) is 0 Å². The molecule has 0 spiro atoms. The molecular formula is C18H24ClN5O9S2. The Kier molecular flexibility index (Phi) is 11.2. The molecule has 1 aromatic rings. The van der Waals surface area contributed by atoms with E-state index in [2.05, 4.69) is 20.2 Å². The minimum atomic E-state index is -1.23. The van der Waals surface area contributed by atoms with Crippen molar-refractivity contribution >= 4 is 70.3 Å². The van der Waals surface area contributed by atoms with Crippen molar-refractivity contribution in [2.24, 2.45) is 5.16 Å².